The molecule has 2 fully saturated rings. The van der Waals surface area contributed by atoms with Crippen molar-refractivity contribution in [3.05, 3.63) is 17.5 Å². The first kappa shape index (κ1) is 33.4. The molecule has 2 heterocycles. The predicted molar refractivity (Wildman–Crippen MR) is 163 cm³/mol. The van der Waals surface area contributed by atoms with Crippen LogP contribution < -0.4 is 10.6 Å². The van der Waals surface area contributed by atoms with E-state index in [1.54, 1.807) is 11.9 Å². The normalized spacial score (nSPS) is 22.9. The molecule has 3 rings (SSSR count). The Morgan fingerprint density at radius 3 is 2.61 bits per heavy atom. The topological polar surface area (TPSA) is 97.7 Å². The van der Waals surface area contributed by atoms with Gasteiger partial charge in [-0.3, -0.25) is 4.79 Å². The lowest BCUT2D eigenvalue weighted by atomic mass is 9.64. The fraction of sp³-hybridized carbons (Fsp3) is 0.844. The van der Waals surface area contributed by atoms with Crippen molar-refractivity contribution in [1.29, 1.82) is 0 Å². The van der Waals surface area contributed by atoms with Crippen LogP contribution in [0, 0.1) is 17.3 Å². The zero-order valence-electron chi connectivity index (χ0n) is 27.1. The molecule has 1 aliphatic heterocycles. The molecule has 3 atom stereocenters. The first-order chi connectivity index (χ1) is 19.3. The third-order valence-electron chi connectivity index (χ3n) is 8.52. The number of amides is 2. The second-order valence-corrected chi connectivity index (χ2v) is 14.2. The summed E-state index contributed by atoms with van der Waals surface area (Å²) in [6.07, 6.45) is 9.79. The number of ether oxygens (including phenoxy) is 2. The minimum Gasteiger partial charge on any atom is -0.444 e. The molecule has 2 N–H and O–H groups in total. The molecule has 0 spiro atoms. The number of aromatic nitrogens is 2. The first-order valence-corrected chi connectivity index (χ1v) is 15.9. The number of nitrogens with one attached hydrogen (secondary N) is 2. The number of nitrogens with zero attached hydrogens (tertiary/aromatic N) is 3. The van der Waals surface area contributed by atoms with Crippen LogP contribution in [0.3, 0.4) is 0 Å². The van der Waals surface area contributed by atoms with E-state index in [9.17, 15) is 9.59 Å². The largest absolute Gasteiger partial charge is 0.444 e. The molecule has 1 aromatic rings. The molecule has 1 aliphatic carbocycles. The minimum absolute atomic E-state index is 0.0122. The Labute approximate surface area is 248 Å². The van der Waals surface area contributed by atoms with Gasteiger partial charge in [-0.2, -0.15) is 5.10 Å². The Balaban J connectivity index is 1.65. The quantitative estimate of drug-likeness (QED) is 0.313. The van der Waals surface area contributed by atoms with Crippen LogP contribution in [0.15, 0.2) is 6.20 Å². The number of carbonyl (C=O) groups is 2. The fourth-order valence-corrected chi connectivity index (χ4v) is 5.84. The zero-order valence-corrected chi connectivity index (χ0v) is 27.1. The number of hydrogen-bond acceptors (Lipinski definition) is 6. The number of rotatable bonds is 12. The van der Waals surface area contributed by atoms with E-state index in [1.807, 2.05) is 25.5 Å². The van der Waals surface area contributed by atoms with Gasteiger partial charge in [0.2, 0.25) is 5.91 Å². The molecule has 9 nitrogen and oxygen atoms in total. The van der Waals surface area contributed by atoms with E-state index in [0.717, 1.165) is 76.8 Å². The van der Waals surface area contributed by atoms with E-state index < -0.39 is 5.60 Å². The lowest BCUT2D eigenvalue weighted by molar-refractivity contribution is -0.130. The molecule has 1 unspecified atom stereocenters. The second-order valence-electron chi connectivity index (χ2n) is 14.2. The standard InChI is InChI=1S/C32H57N5O4/c1-23(2)13-17-34-29(38)26-21-24(12-15-32(26,6)7)28-25(22-37(35-28)27-11-9-10-20-40-27)14-16-33-18-19-36(8)30(39)41-31(3,4)5/h22-24,26-27,33H,9-21H2,1-8H3,(H,34,38)/t24-,26+,27?/m0/s1. The van der Waals surface area contributed by atoms with Crippen molar-refractivity contribution in [2.75, 3.05) is 39.8 Å². The molecule has 1 aromatic heterocycles. The molecule has 2 aliphatic rings. The van der Waals surface area contributed by atoms with Crippen LogP contribution in [0.5, 0.6) is 0 Å². The van der Waals surface area contributed by atoms with E-state index in [2.05, 4.69) is 44.5 Å². The van der Waals surface area contributed by atoms with Crippen LogP contribution in [-0.4, -0.2) is 72.1 Å². The van der Waals surface area contributed by atoms with Crippen molar-refractivity contribution in [2.24, 2.45) is 17.3 Å². The Hall–Kier alpha value is -2.13. The third-order valence-corrected chi connectivity index (χ3v) is 8.52. The van der Waals surface area contributed by atoms with E-state index in [1.165, 1.54) is 5.56 Å². The fourth-order valence-electron chi connectivity index (χ4n) is 5.84. The summed E-state index contributed by atoms with van der Waals surface area (Å²) >= 11 is 0. The highest BCUT2D eigenvalue weighted by Gasteiger charge is 2.42. The van der Waals surface area contributed by atoms with Gasteiger partial charge in [0, 0.05) is 51.3 Å². The van der Waals surface area contributed by atoms with Gasteiger partial charge in [-0.15, -0.1) is 0 Å². The molecule has 2 amide bonds. The molecular formula is C32H57N5O4. The molecule has 41 heavy (non-hydrogen) atoms. The van der Waals surface area contributed by atoms with Gasteiger partial charge in [-0.25, -0.2) is 9.48 Å². The number of likely N-dealkylation sites (N-methyl/N-ethyl adjacent to an activating group) is 1. The van der Waals surface area contributed by atoms with Crippen LogP contribution in [0.4, 0.5) is 4.79 Å². The summed E-state index contributed by atoms with van der Waals surface area (Å²) < 4.78 is 13.6. The third kappa shape index (κ3) is 10.3. The molecular weight excluding hydrogens is 518 g/mol. The Morgan fingerprint density at radius 2 is 1.95 bits per heavy atom. The number of carbonyl (C=O) groups excluding carboxylic acids is 2. The zero-order chi connectivity index (χ0) is 30.2. The monoisotopic (exact) mass is 575 g/mol. The van der Waals surface area contributed by atoms with E-state index in [0.29, 0.717) is 19.0 Å². The maximum absolute atomic E-state index is 13.3. The molecule has 0 bridgehead atoms. The molecule has 9 heteroatoms. The van der Waals surface area contributed by atoms with Gasteiger partial charge < -0.3 is 25.0 Å². The van der Waals surface area contributed by atoms with Gasteiger partial charge in [0.15, 0.2) is 0 Å². The second kappa shape index (κ2) is 14.9. The Bertz CT molecular complexity index is 977. The number of hydrogen-bond donors (Lipinski definition) is 2. The summed E-state index contributed by atoms with van der Waals surface area (Å²) in [5, 5.41) is 11.9. The average Bonchev–Trinajstić information content (AvgIpc) is 3.31. The van der Waals surface area contributed by atoms with E-state index in [4.69, 9.17) is 14.6 Å². The smallest absolute Gasteiger partial charge is 0.410 e. The van der Waals surface area contributed by atoms with E-state index >= 15 is 0 Å². The summed E-state index contributed by atoms with van der Waals surface area (Å²) in [6.45, 7) is 18.0. The average molecular weight is 576 g/mol. The summed E-state index contributed by atoms with van der Waals surface area (Å²) in [5.74, 6) is 0.982. The predicted octanol–water partition coefficient (Wildman–Crippen LogP) is 5.65. The van der Waals surface area contributed by atoms with Gasteiger partial charge in [-0.1, -0.05) is 27.7 Å². The molecule has 0 radical (unpaired) electrons. The maximum Gasteiger partial charge on any atom is 0.410 e. The van der Waals surface area contributed by atoms with Gasteiger partial charge >= 0.3 is 6.09 Å². The van der Waals surface area contributed by atoms with Crippen LogP contribution in [-0.2, 0) is 20.7 Å². The Morgan fingerprint density at radius 1 is 1.20 bits per heavy atom. The van der Waals surface area contributed by atoms with Crippen molar-refractivity contribution < 1.29 is 19.1 Å². The first-order valence-electron chi connectivity index (χ1n) is 15.9. The summed E-state index contributed by atoms with van der Waals surface area (Å²) in [7, 11) is 1.77. The molecule has 234 valence electrons. The van der Waals surface area contributed by atoms with Gasteiger partial charge in [0.05, 0.1) is 5.69 Å². The summed E-state index contributed by atoms with van der Waals surface area (Å²) in [6, 6.07) is 0. The van der Waals surface area contributed by atoms with Crippen LogP contribution in [0.25, 0.3) is 0 Å². The SMILES string of the molecule is CC(C)CCNC(=O)[C@H]1C[C@@H](c2nn(C3CCCCO3)cc2CCNCCN(C)C(=O)OC(C)(C)C)CCC1(C)C. The van der Waals surface area contributed by atoms with Gasteiger partial charge in [-0.05, 0) is 95.6 Å². The van der Waals surface area contributed by atoms with Crippen LogP contribution >= 0.6 is 0 Å². The highest BCUT2D eigenvalue weighted by atomic mass is 16.6. The highest BCUT2D eigenvalue weighted by Crippen LogP contribution is 2.47. The van der Waals surface area contributed by atoms with Crippen molar-refractivity contribution >= 4 is 12.0 Å². The van der Waals surface area contributed by atoms with Crippen molar-refractivity contribution in [3.63, 3.8) is 0 Å². The Kier molecular flexibility index (Phi) is 12.1. The maximum atomic E-state index is 13.3. The van der Waals surface area contributed by atoms with Crippen LogP contribution in [0.1, 0.15) is 117 Å². The van der Waals surface area contributed by atoms with Gasteiger partial charge in [0.1, 0.15) is 11.8 Å². The molecule has 1 saturated carbocycles. The minimum atomic E-state index is -0.501. The molecule has 0 aromatic carbocycles. The summed E-state index contributed by atoms with van der Waals surface area (Å²) in [5.41, 5.74) is 1.83. The van der Waals surface area contributed by atoms with Gasteiger partial charge in [0.25, 0.3) is 0 Å². The lowest BCUT2D eigenvalue weighted by Crippen LogP contribution is -2.43. The highest BCUT2D eigenvalue weighted by molar-refractivity contribution is 5.79. The lowest BCUT2D eigenvalue weighted by Gasteiger charge is -2.41. The van der Waals surface area contributed by atoms with Crippen molar-refractivity contribution in [1.82, 2.24) is 25.3 Å². The summed E-state index contributed by atoms with van der Waals surface area (Å²) in [4.78, 5) is 27.2. The molecule has 1 saturated heterocycles. The van der Waals surface area contributed by atoms with Crippen molar-refractivity contribution in [2.45, 2.75) is 118 Å². The van der Waals surface area contributed by atoms with Crippen molar-refractivity contribution in [3.8, 4) is 0 Å². The van der Waals surface area contributed by atoms with Crippen LogP contribution in [0.2, 0.25) is 0 Å². The van der Waals surface area contributed by atoms with E-state index in [-0.39, 0.29) is 35.5 Å².